The van der Waals surface area contributed by atoms with Crippen molar-refractivity contribution < 1.29 is 9.90 Å². The number of fused-ring (bicyclic) bond motifs is 1. The number of likely N-dealkylation sites (tertiary alicyclic amines) is 1. The zero-order valence-electron chi connectivity index (χ0n) is 12.1. The first-order valence-corrected chi connectivity index (χ1v) is 7.70. The molecule has 1 saturated heterocycles. The molecule has 1 amide bonds. The lowest BCUT2D eigenvalue weighted by Gasteiger charge is -2.28. The van der Waals surface area contributed by atoms with Gasteiger partial charge in [0.05, 0.1) is 6.10 Å². The summed E-state index contributed by atoms with van der Waals surface area (Å²) in [4.78, 5) is 14.8. The number of rotatable bonds is 3. The number of carbonyl (C=O) groups is 1. The molecular weight excluding hydrogens is 250 g/mol. The number of nitrogens with zero attached hydrogens (tertiary/aromatic N) is 1. The summed E-state index contributed by atoms with van der Waals surface area (Å²) >= 11 is 0. The Balaban J connectivity index is 1.68. The lowest BCUT2D eigenvalue weighted by atomic mass is 10.0. The van der Waals surface area contributed by atoms with Crippen molar-refractivity contribution in [2.24, 2.45) is 5.92 Å². The third-order valence-electron chi connectivity index (χ3n) is 4.67. The van der Waals surface area contributed by atoms with Crippen LogP contribution in [0.15, 0.2) is 24.3 Å². The Kier molecular flexibility index (Phi) is 3.79. The van der Waals surface area contributed by atoms with E-state index in [0.29, 0.717) is 12.3 Å². The molecule has 3 nitrogen and oxygen atoms in total. The van der Waals surface area contributed by atoms with Gasteiger partial charge in [-0.2, -0.15) is 0 Å². The van der Waals surface area contributed by atoms with Crippen LogP contribution in [0.25, 0.3) is 0 Å². The van der Waals surface area contributed by atoms with Crippen molar-refractivity contribution in [3.05, 3.63) is 35.4 Å². The highest BCUT2D eigenvalue weighted by atomic mass is 16.3. The molecule has 1 aromatic carbocycles. The van der Waals surface area contributed by atoms with Crippen LogP contribution in [-0.4, -0.2) is 34.6 Å². The van der Waals surface area contributed by atoms with Crippen LogP contribution >= 0.6 is 0 Å². The van der Waals surface area contributed by atoms with Crippen molar-refractivity contribution in [3.63, 3.8) is 0 Å². The first kappa shape index (κ1) is 13.6. The van der Waals surface area contributed by atoms with Crippen molar-refractivity contribution in [1.82, 2.24) is 4.90 Å². The van der Waals surface area contributed by atoms with E-state index in [1.165, 1.54) is 11.1 Å². The molecule has 1 aliphatic carbocycles. The maximum Gasteiger partial charge on any atom is 0.226 e. The number of amides is 1. The summed E-state index contributed by atoms with van der Waals surface area (Å²) in [7, 11) is 0. The number of benzene rings is 1. The second-order valence-electron chi connectivity index (χ2n) is 6.29. The van der Waals surface area contributed by atoms with Gasteiger partial charge in [-0.15, -0.1) is 0 Å². The largest absolute Gasteiger partial charge is 0.393 e. The highest BCUT2D eigenvalue weighted by Gasteiger charge is 2.36. The van der Waals surface area contributed by atoms with Crippen molar-refractivity contribution in [3.8, 4) is 0 Å². The van der Waals surface area contributed by atoms with E-state index in [2.05, 4.69) is 24.3 Å². The first-order valence-electron chi connectivity index (χ1n) is 7.70. The van der Waals surface area contributed by atoms with E-state index in [0.717, 1.165) is 32.2 Å². The molecule has 0 bridgehead atoms. The minimum atomic E-state index is -0.325. The standard InChI is InChI=1S/C17H23NO2/c1-12(19)9-16-7-4-8-18(16)17(20)15-10-13-5-2-3-6-14(13)11-15/h2-3,5-6,12,15-16,19H,4,7-11H2,1H3. The molecule has 1 aliphatic heterocycles. The molecular formula is C17H23NO2. The van der Waals surface area contributed by atoms with Gasteiger partial charge in [-0.25, -0.2) is 0 Å². The Hall–Kier alpha value is -1.35. The first-order chi connectivity index (χ1) is 9.65. The van der Waals surface area contributed by atoms with Gasteiger partial charge in [0.2, 0.25) is 5.91 Å². The normalized spacial score (nSPS) is 23.9. The van der Waals surface area contributed by atoms with Gasteiger partial charge in [0.25, 0.3) is 0 Å². The number of hydrogen-bond acceptors (Lipinski definition) is 2. The number of hydrogen-bond donors (Lipinski definition) is 1. The lowest BCUT2D eigenvalue weighted by molar-refractivity contribution is -0.136. The molecule has 3 heteroatoms. The molecule has 0 saturated carbocycles. The molecule has 1 fully saturated rings. The lowest BCUT2D eigenvalue weighted by Crippen LogP contribution is -2.41. The number of carbonyl (C=O) groups excluding carboxylic acids is 1. The Bertz CT molecular complexity index is 473. The summed E-state index contributed by atoms with van der Waals surface area (Å²) in [5, 5.41) is 9.58. The monoisotopic (exact) mass is 273 g/mol. The van der Waals surface area contributed by atoms with Gasteiger partial charge >= 0.3 is 0 Å². The number of aliphatic hydroxyl groups excluding tert-OH is 1. The van der Waals surface area contributed by atoms with E-state index >= 15 is 0 Å². The molecule has 1 N–H and O–H groups in total. The van der Waals surface area contributed by atoms with Crippen LogP contribution in [0, 0.1) is 5.92 Å². The second-order valence-corrected chi connectivity index (χ2v) is 6.29. The fourth-order valence-electron chi connectivity index (χ4n) is 3.73. The Morgan fingerprint density at radius 2 is 2.00 bits per heavy atom. The number of aliphatic hydroxyl groups is 1. The van der Waals surface area contributed by atoms with E-state index in [4.69, 9.17) is 0 Å². The zero-order chi connectivity index (χ0) is 14.1. The SMILES string of the molecule is CC(O)CC1CCCN1C(=O)C1Cc2ccccc2C1. The minimum absolute atomic E-state index is 0.113. The molecule has 2 atom stereocenters. The molecule has 0 spiro atoms. The molecule has 20 heavy (non-hydrogen) atoms. The minimum Gasteiger partial charge on any atom is -0.393 e. The van der Waals surface area contributed by atoms with Crippen molar-refractivity contribution >= 4 is 5.91 Å². The van der Waals surface area contributed by atoms with E-state index in [1.54, 1.807) is 0 Å². The second kappa shape index (κ2) is 5.57. The molecule has 1 heterocycles. The average Bonchev–Trinajstić information content (AvgIpc) is 3.03. The van der Waals surface area contributed by atoms with Gasteiger partial charge in [-0.05, 0) is 50.2 Å². The van der Waals surface area contributed by atoms with Gasteiger partial charge in [0, 0.05) is 18.5 Å². The Labute approximate surface area is 120 Å². The van der Waals surface area contributed by atoms with Crippen molar-refractivity contribution in [2.45, 2.75) is 51.2 Å². The summed E-state index contributed by atoms with van der Waals surface area (Å²) in [6.07, 6.45) is 4.26. The van der Waals surface area contributed by atoms with E-state index in [1.807, 2.05) is 11.8 Å². The molecule has 0 radical (unpaired) electrons. The van der Waals surface area contributed by atoms with Crippen LogP contribution in [0.4, 0.5) is 0 Å². The topological polar surface area (TPSA) is 40.5 Å². The molecule has 1 aromatic rings. The summed E-state index contributed by atoms with van der Waals surface area (Å²) in [5.41, 5.74) is 2.66. The van der Waals surface area contributed by atoms with E-state index in [9.17, 15) is 9.90 Å². The third kappa shape index (κ3) is 2.59. The van der Waals surface area contributed by atoms with Crippen LogP contribution in [0.2, 0.25) is 0 Å². The predicted octanol–water partition coefficient (Wildman–Crippen LogP) is 2.16. The summed E-state index contributed by atoms with van der Waals surface area (Å²) in [6.45, 7) is 2.68. The van der Waals surface area contributed by atoms with E-state index in [-0.39, 0.29) is 18.1 Å². The van der Waals surface area contributed by atoms with Crippen molar-refractivity contribution in [1.29, 1.82) is 0 Å². The van der Waals surface area contributed by atoms with Crippen LogP contribution < -0.4 is 0 Å². The summed E-state index contributed by atoms with van der Waals surface area (Å²) < 4.78 is 0. The Morgan fingerprint density at radius 3 is 2.60 bits per heavy atom. The predicted molar refractivity (Wildman–Crippen MR) is 78.4 cm³/mol. The fourth-order valence-corrected chi connectivity index (χ4v) is 3.73. The van der Waals surface area contributed by atoms with Crippen molar-refractivity contribution in [2.75, 3.05) is 6.54 Å². The maximum absolute atomic E-state index is 12.8. The smallest absolute Gasteiger partial charge is 0.226 e. The highest BCUT2D eigenvalue weighted by molar-refractivity contribution is 5.81. The van der Waals surface area contributed by atoms with Crippen LogP contribution in [0.1, 0.15) is 37.3 Å². The van der Waals surface area contributed by atoms with Gasteiger partial charge in [-0.1, -0.05) is 24.3 Å². The van der Waals surface area contributed by atoms with Gasteiger partial charge < -0.3 is 10.0 Å². The quantitative estimate of drug-likeness (QED) is 0.917. The van der Waals surface area contributed by atoms with Crippen LogP contribution in [0.5, 0.6) is 0 Å². The van der Waals surface area contributed by atoms with Crippen LogP contribution in [0.3, 0.4) is 0 Å². The zero-order valence-corrected chi connectivity index (χ0v) is 12.1. The molecule has 108 valence electrons. The maximum atomic E-state index is 12.8. The van der Waals surface area contributed by atoms with Gasteiger partial charge in [0.15, 0.2) is 0 Å². The molecule has 2 aliphatic rings. The van der Waals surface area contributed by atoms with Gasteiger partial charge in [-0.3, -0.25) is 4.79 Å². The van der Waals surface area contributed by atoms with Crippen LogP contribution in [-0.2, 0) is 17.6 Å². The summed E-state index contributed by atoms with van der Waals surface area (Å²) in [5.74, 6) is 0.409. The highest BCUT2D eigenvalue weighted by Crippen LogP contribution is 2.31. The Morgan fingerprint density at radius 1 is 1.35 bits per heavy atom. The summed E-state index contributed by atoms with van der Waals surface area (Å²) in [6, 6.07) is 8.63. The molecule has 2 unspecified atom stereocenters. The average molecular weight is 273 g/mol. The molecule has 0 aromatic heterocycles. The van der Waals surface area contributed by atoms with E-state index < -0.39 is 0 Å². The molecule has 3 rings (SSSR count). The third-order valence-corrected chi connectivity index (χ3v) is 4.67. The van der Waals surface area contributed by atoms with Gasteiger partial charge in [0.1, 0.15) is 0 Å². The fraction of sp³-hybridized carbons (Fsp3) is 0.588.